The van der Waals surface area contributed by atoms with Crippen molar-refractivity contribution in [3.05, 3.63) is 78.1 Å². The van der Waals surface area contributed by atoms with Crippen LogP contribution in [0.1, 0.15) is 22.5 Å². The summed E-state index contributed by atoms with van der Waals surface area (Å²) in [6.07, 6.45) is -1.35. The van der Waals surface area contributed by atoms with Crippen molar-refractivity contribution in [2.45, 2.75) is 19.1 Å². The van der Waals surface area contributed by atoms with Crippen LogP contribution in [0.4, 0.5) is 17.6 Å². The van der Waals surface area contributed by atoms with Crippen molar-refractivity contribution in [3.63, 3.8) is 0 Å². The van der Waals surface area contributed by atoms with Gasteiger partial charge in [0.05, 0.1) is 12.6 Å². The summed E-state index contributed by atoms with van der Waals surface area (Å²) >= 11 is 0. The van der Waals surface area contributed by atoms with E-state index >= 15 is 0 Å². The minimum atomic E-state index is -4.39. The maximum absolute atomic E-state index is 14.5. The van der Waals surface area contributed by atoms with Gasteiger partial charge in [0.2, 0.25) is 0 Å². The topological polar surface area (TPSA) is 64.8 Å². The average molecular weight is 430 g/mol. The summed E-state index contributed by atoms with van der Waals surface area (Å²) in [6, 6.07) is 11.9. The van der Waals surface area contributed by atoms with E-state index in [1.165, 1.54) is 12.3 Å². The number of benzene rings is 1. The third-order valence-electron chi connectivity index (χ3n) is 4.91. The van der Waals surface area contributed by atoms with E-state index in [0.29, 0.717) is 22.2 Å². The molecule has 0 saturated heterocycles. The highest BCUT2D eigenvalue weighted by Gasteiger charge is 2.30. The number of rotatable bonds is 6. The lowest BCUT2D eigenvalue weighted by Gasteiger charge is -2.23. The first-order valence-corrected chi connectivity index (χ1v) is 9.52. The molecule has 4 rings (SSSR count). The zero-order chi connectivity index (χ0) is 22.0. The molecule has 5 nitrogen and oxygen atoms in total. The number of amides is 1. The number of aromatic amines is 2. The minimum absolute atomic E-state index is 0.0236. The van der Waals surface area contributed by atoms with Gasteiger partial charge in [-0.15, -0.1) is 0 Å². The predicted octanol–water partition coefficient (Wildman–Crippen LogP) is 5.29. The molecule has 4 aromatic rings. The molecule has 0 radical (unpaired) electrons. The van der Waals surface area contributed by atoms with E-state index in [1.807, 2.05) is 0 Å². The number of fused-ring (bicyclic) bond motifs is 1. The Hall–Kier alpha value is -3.62. The highest BCUT2D eigenvalue weighted by Crippen LogP contribution is 2.31. The van der Waals surface area contributed by atoms with Crippen molar-refractivity contribution in [1.82, 2.24) is 19.9 Å². The maximum atomic E-state index is 14.5. The molecule has 3 aromatic heterocycles. The van der Waals surface area contributed by atoms with Gasteiger partial charge in [0, 0.05) is 42.0 Å². The largest absolute Gasteiger partial charge is 0.390 e. The van der Waals surface area contributed by atoms with Crippen molar-refractivity contribution >= 4 is 16.9 Å². The summed E-state index contributed by atoms with van der Waals surface area (Å²) in [7, 11) is 0. The van der Waals surface area contributed by atoms with Crippen LogP contribution in [0, 0.1) is 5.82 Å². The third kappa shape index (κ3) is 4.60. The number of H-pyrrole nitrogens is 2. The van der Waals surface area contributed by atoms with Crippen LogP contribution in [0.25, 0.3) is 22.2 Å². The van der Waals surface area contributed by atoms with Crippen molar-refractivity contribution in [2.75, 3.05) is 6.54 Å². The number of carbonyl (C=O) groups is 1. The molecular weight excluding hydrogens is 412 g/mol. The second kappa shape index (κ2) is 8.25. The molecule has 2 N–H and O–H groups in total. The van der Waals surface area contributed by atoms with Crippen molar-refractivity contribution in [2.24, 2.45) is 0 Å². The van der Waals surface area contributed by atoms with E-state index < -0.39 is 30.9 Å². The molecule has 9 heteroatoms. The van der Waals surface area contributed by atoms with Crippen LogP contribution in [0.2, 0.25) is 0 Å². The molecule has 0 saturated carbocycles. The van der Waals surface area contributed by atoms with Crippen LogP contribution < -0.4 is 0 Å². The fourth-order valence-electron chi connectivity index (χ4n) is 3.43. The van der Waals surface area contributed by atoms with Gasteiger partial charge in [-0.1, -0.05) is 30.3 Å². The van der Waals surface area contributed by atoms with Crippen molar-refractivity contribution < 1.29 is 22.4 Å². The Morgan fingerprint density at radius 2 is 1.87 bits per heavy atom. The van der Waals surface area contributed by atoms with Crippen LogP contribution in [0.5, 0.6) is 0 Å². The summed E-state index contributed by atoms with van der Waals surface area (Å²) < 4.78 is 52.9. The Balaban J connectivity index is 1.63. The summed E-state index contributed by atoms with van der Waals surface area (Å²) in [5.41, 5.74) is 1.93. The number of halogens is 4. The van der Waals surface area contributed by atoms with E-state index in [0.717, 1.165) is 11.1 Å². The minimum Gasteiger partial charge on any atom is -0.357 e. The van der Waals surface area contributed by atoms with Crippen molar-refractivity contribution in [1.29, 1.82) is 0 Å². The molecule has 0 fully saturated rings. The van der Waals surface area contributed by atoms with E-state index in [-0.39, 0.29) is 17.8 Å². The molecule has 0 aliphatic rings. The number of carbonyl (C=O) groups excluding carboxylic acids is 1. The molecule has 0 aliphatic heterocycles. The Morgan fingerprint density at radius 1 is 1.10 bits per heavy atom. The van der Waals surface area contributed by atoms with Crippen LogP contribution >= 0.6 is 0 Å². The predicted molar refractivity (Wildman–Crippen MR) is 108 cm³/mol. The Bertz CT molecular complexity index is 1200. The quantitative estimate of drug-likeness (QED) is 0.408. The Kier molecular flexibility index (Phi) is 5.50. The molecule has 0 atom stereocenters. The van der Waals surface area contributed by atoms with Crippen LogP contribution in [-0.2, 0) is 6.54 Å². The fourth-order valence-corrected chi connectivity index (χ4v) is 3.43. The molecule has 3 heterocycles. The summed E-state index contributed by atoms with van der Waals surface area (Å²) in [6.45, 7) is -0.465. The average Bonchev–Trinajstić information content (AvgIpc) is 3.40. The molecular formula is C22H18F4N4O. The van der Waals surface area contributed by atoms with Gasteiger partial charge in [0.15, 0.2) is 0 Å². The third-order valence-corrected chi connectivity index (χ3v) is 4.91. The fraction of sp³-hybridized carbons (Fsp3) is 0.182. The van der Waals surface area contributed by atoms with Gasteiger partial charge in [-0.25, -0.2) is 9.37 Å². The standard InChI is InChI=1S/C22H18F4N4O/c23-17-12-29-20-16(6-8-27-20)19(17)15-10-18(28-11-15)21(31)30(9-7-22(24,25)26)13-14-4-2-1-3-5-14/h1-6,8,10-12,28H,7,9,13H2,(H,27,29). The van der Waals surface area contributed by atoms with Gasteiger partial charge in [0.1, 0.15) is 17.2 Å². The van der Waals surface area contributed by atoms with E-state index in [2.05, 4.69) is 15.0 Å². The Labute approximate surface area is 174 Å². The van der Waals surface area contributed by atoms with Gasteiger partial charge in [-0.05, 0) is 17.7 Å². The van der Waals surface area contributed by atoms with E-state index in [4.69, 9.17) is 0 Å². The number of hydrogen-bond donors (Lipinski definition) is 2. The molecule has 0 bridgehead atoms. The number of pyridine rings is 1. The monoisotopic (exact) mass is 430 g/mol. The highest BCUT2D eigenvalue weighted by molar-refractivity contribution is 5.97. The SMILES string of the molecule is O=C(c1cc(-c2c(F)cnc3[nH]ccc23)c[nH]1)N(CCC(F)(F)F)Cc1ccccc1. The molecule has 160 valence electrons. The molecule has 0 unspecified atom stereocenters. The van der Waals surface area contributed by atoms with E-state index in [9.17, 15) is 22.4 Å². The first-order chi connectivity index (χ1) is 14.8. The number of nitrogens with one attached hydrogen (secondary N) is 2. The zero-order valence-electron chi connectivity index (χ0n) is 16.2. The number of aromatic nitrogens is 3. The maximum Gasteiger partial charge on any atom is 0.390 e. The van der Waals surface area contributed by atoms with E-state index in [1.54, 1.807) is 42.6 Å². The molecule has 1 aromatic carbocycles. The number of alkyl halides is 3. The van der Waals surface area contributed by atoms with Gasteiger partial charge in [-0.3, -0.25) is 4.79 Å². The zero-order valence-corrected chi connectivity index (χ0v) is 16.2. The van der Waals surface area contributed by atoms with Gasteiger partial charge in [0.25, 0.3) is 5.91 Å². The second-order valence-electron chi connectivity index (χ2n) is 7.10. The van der Waals surface area contributed by atoms with Crippen LogP contribution in [0.15, 0.2) is 61.1 Å². The Morgan fingerprint density at radius 3 is 2.61 bits per heavy atom. The molecule has 0 aliphatic carbocycles. The normalized spacial score (nSPS) is 11.7. The smallest absolute Gasteiger partial charge is 0.357 e. The van der Waals surface area contributed by atoms with Gasteiger partial charge in [-0.2, -0.15) is 13.2 Å². The van der Waals surface area contributed by atoms with Crippen LogP contribution in [-0.4, -0.2) is 38.5 Å². The van der Waals surface area contributed by atoms with Crippen molar-refractivity contribution in [3.8, 4) is 11.1 Å². The lowest BCUT2D eigenvalue weighted by molar-refractivity contribution is -0.136. The molecule has 1 amide bonds. The first kappa shape index (κ1) is 20.6. The molecule has 0 spiro atoms. The number of nitrogens with zero attached hydrogens (tertiary/aromatic N) is 2. The second-order valence-corrected chi connectivity index (χ2v) is 7.10. The lowest BCUT2D eigenvalue weighted by atomic mass is 10.1. The summed E-state index contributed by atoms with van der Waals surface area (Å²) in [4.78, 5) is 23.8. The van der Waals surface area contributed by atoms with Crippen LogP contribution in [0.3, 0.4) is 0 Å². The lowest BCUT2D eigenvalue weighted by Crippen LogP contribution is -2.34. The molecule has 31 heavy (non-hydrogen) atoms. The highest BCUT2D eigenvalue weighted by atomic mass is 19.4. The van der Waals surface area contributed by atoms with Gasteiger partial charge < -0.3 is 14.9 Å². The first-order valence-electron chi connectivity index (χ1n) is 9.52. The summed E-state index contributed by atoms with van der Waals surface area (Å²) in [5, 5.41) is 0.538. The van der Waals surface area contributed by atoms with Gasteiger partial charge >= 0.3 is 6.18 Å². The summed E-state index contributed by atoms with van der Waals surface area (Å²) in [5.74, 6) is -1.16. The number of hydrogen-bond acceptors (Lipinski definition) is 2.